The number of anilines is 2. The van der Waals surface area contributed by atoms with Gasteiger partial charge in [0.2, 0.25) is 11.8 Å². The van der Waals surface area contributed by atoms with Gasteiger partial charge in [0.25, 0.3) is 11.6 Å². The van der Waals surface area contributed by atoms with Gasteiger partial charge in [-0.1, -0.05) is 12.1 Å². The first kappa shape index (κ1) is 19.7. The zero-order chi connectivity index (χ0) is 21.0. The van der Waals surface area contributed by atoms with Crippen LogP contribution in [0.15, 0.2) is 48.5 Å². The summed E-state index contributed by atoms with van der Waals surface area (Å²) in [5, 5.41) is 13.1. The third kappa shape index (κ3) is 4.61. The second kappa shape index (κ2) is 8.30. The fourth-order valence-electron chi connectivity index (χ4n) is 2.75. The molecule has 0 spiro atoms. The number of carbonyl (C=O) groups excluding carboxylic acids is 4. The summed E-state index contributed by atoms with van der Waals surface area (Å²) in [5.74, 6) is -2.20. The standard InChI is InChI=1S/C19H15N3O7/c23-16(20-13-4-2-6-15(10-13)22(27)28)11-29-19(26)12-3-1-5-14(9-12)21-17(24)7-8-18(21)25/h1-6,9-10H,7-8,11H2,(H,20,23). The minimum atomic E-state index is -0.819. The van der Waals surface area contributed by atoms with E-state index in [0.717, 1.165) is 4.90 Å². The number of nitro benzene ring substituents is 1. The van der Waals surface area contributed by atoms with Crippen molar-refractivity contribution in [2.24, 2.45) is 0 Å². The van der Waals surface area contributed by atoms with Crippen molar-refractivity contribution in [1.82, 2.24) is 0 Å². The van der Waals surface area contributed by atoms with Crippen LogP contribution in [0.3, 0.4) is 0 Å². The highest BCUT2D eigenvalue weighted by molar-refractivity contribution is 6.20. The van der Waals surface area contributed by atoms with Crippen LogP contribution in [0.5, 0.6) is 0 Å². The first-order valence-electron chi connectivity index (χ1n) is 8.52. The van der Waals surface area contributed by atoms with Crippen molar-refractivity contribution in [3.05, 3.63) is 64.2 Å². The summed E-state index contributed by atoms with van der Waals surface area (Å²) in [6, 6.07) is 11.1. The first-order valence-corrected chi connectivity index (χ1v) is 8.52. The Hall–Kier alpha value is -4.08. The van der Waals surface area contributed by atoms with Gasteiger partial charge in [-0.3, -0.25) is 29.4 Å². The summed E-state index contributed by atoms with van der Waals surface area (Å²) < 4.78 is 4.94. The fourth-order valence-corrected chi connectivity index (χ4v) is 2.75. The maximum atomic E-state index is 12.2. The van der Waals surface area contributed by atoms with Crippen LogP contribution in [-0.4, -0.2) is 35.2 Å². The lowest BCUT2D eigenvalue weighted by Gasteiger charge is -2.14. The molecule has 0 atom stereocenters. The quantitative estimate of drug-likeness (QED) is 0.341. The zero-order valence-electron chi connectivity index (χ0n) is 15.0. The zero-order valence-corrected chi connectivity index (χ0v) is 15.0. The van der Waals surface area contributed by atoms with Crippen LogP contribution in [0.4, 0.5) is 17.1 Å². The highest BCUT2D eigenvalue weighted by atomic mass is 16.6. The number of imide groups is 1. The number of nitro groups is 1. The van der Waals surface area contributed by atoms with E-state index in [1.54, 1.807) is 0 Å². The van der Waals surface area contributed by atoms with Gasteiger partial charge in [-0.25, -0.2) is 4.79 Å². The van der Waals surface area contributed by atoms with Gasteiger partial charge in [0.15, 0.2) is 6.61 Å². The number of nitrogens with zero attached hydrogens (tertiary/aromatic N) is 2. The lowest BCUT2D eigenvalue weighted by Crippen LogP contribution is -2.28. The van der Waals surface area contributed by atoms with E-state index in [0.29, 0.717) is 0 Å². The molecule has 29 heavy (non-hydrogen) atoms. The number of rotatable bonds is 6. The number of hydrogen-bond donors (Lipinski definition) is 1. The largest absolute Gasteiger partial charge is 0.452 e. The third-order valence-corrected chi connectivity index (χ3v) is 4.07. The van der Waals surface area contributed by atoms with Crippen LogP contribution >= 0.6 is 0 Å². The minimum absolute atomic E-state index is 0.0677. The molecule has 0 aliphatic carbocycles. The predicted octanol–water partition coefficient (Wildman–Crippen LogP) is 2.04. The van der Waals surface area contributed by atoms with E-state index in [9.17, 15) is 29.3 Å². The number of hydrogen-bond acceptors (Lipinski definition) is 7. The van der Waals surface area contributed by atoms with Crippen LogP contribution in [-0.2, 0) is 19.1 Å². The van der Waals surface area contributed by atoms with Crippen molar-refractivity contribution in [2.45, 2.75) is 12.8 Å². The molecular weight excluding hydrogens is 382 g/mol. The first-order chi connectivity index (χ1) is 13.8. The number of nitrogens with one attached hydrogen (secondary N) is 1. The molecule has 3 rings (SSSR count). The number of non-ortho nitro benzene ring substituents is 1. The molecule has 3 amide bonds. The normalized spacial score (nSPS) is 13.3. The molecule has 1 fully saturated rings. The average molecular weight is 397 g/mol. The molecule has 1 aliphatic heterocycles. The number of esters is 1. The van der Waals surface area contributed by atoms with Crippen molar-refractivity contribution >= 4 is 40.8 Å². The number of ether oxygens (including phenoxy) is 1. The summed E-state index contributed by atoms with van der Waals surface area (Å²) >= 11 is 0. The van der Waals surface area contributed by atoms with E-state index in [4.69, 9.17) is 4.74 Å². The Labute approximate surface area is 164 Å². The average Bonchev–Trinajstić information content (AvgIpc) is 3.04. The van der Waals surface area contributed by atoms with Gasteiger partial charge in [-0.2, -0.15) is 0 Å². The van der Waals surface area contributed by atoms with Gasteiger partial charge in [-0.05, 0) is 24.3 Å². The van der Waals surface area contributed by atoms with Gasteiger partial charge in [0.1, 0.15) is 0 Å². The minimum Gasteiger partial charge on any atom is -0.452 e. The lowest BCUT2D eigenvalue weighted by atomic mass is 10.2. The third-order valence-electron chi connectivity index (χ3n) is 4.07. The van der Waals surface area contributed by atoms with Crippen LogP contribution in [0.1, 0.15) is 23.2 Å². The molecule has 1 N–H and O–H groups in total. The highest BCUT2D eigenvalue weighted by Gasteiger charge is 2.30. The molecule has 1 heterocycles. The molecule has 0 aromatic heterocycles. The summed E-state index contributed by atoms with van der Waals surface area (Å²) in [4.78, 5) is 58.9. The molecule has 0 bridgehead atoms. The van der Waals surface area contributed by atoms with Crippen LogP contribution < -0.4 is 10.2 Å². The lowest BCUT2D eigenvalue weighted by molar-refractivity contribution is -0.384. The molecule has 2 aromatic carbocycles. The number of amides is 3. The maximum Gasteiger partial charge on any atom is 0.338 e. The predicted molar refractivity (Wildman–Crippen MR) is 100 cm³/mol. The fraction of sp³-hybridized carbons (Fsp3) is 0.158. The van der Waals surface area contributed by atoms with Crippen LogP contribution in [0.25, 0.3) is 0 Å². The monoisotopic (exact) mass is 397 g/mol. The topological polar surface area (TPSA) is 136 Å². The second-order valence-corrected chi connectivity index (χ2v) is 6.10. The Kier molecular flexibility index (Phi) is 5.63. The number of benzene rings is 2. The van der Waals surface area contributed by atoms with Gasteiger partial charge >= 0.3 is 5.97 Å². The van der Waals surface area contributed by atoms with Crippen molar-refractivity contribution in [3.8, 4) is 0 Å². The van der Waals surface area contributed by atoms with E-state index >= 15 is 0 Å². The Balaban J connectivity index is 1.61. The van der Waals surface area contributed by atoms with Crippen molar-refractivity contribution in [2.75, 3.05) is 16.8 Å². The molecule has 1 saturated heterocycles. The smallest absolute Gasteiger partial charge is 0.338 e. The van der Waals surface area contributed by atoms with E-state index < -0.39 is 23.4 Å². The second-order valence-electron chi connectivity index (χ2n) is 6.10. The van der Waals surface area contributed by atoms with E-state index in [1.165, 1.54) is 48.5 Å². The molecule has 1 aliphatic rings. The summed E-state index contributed by atoms with van der Waals surface area (Å²) in [6.45, 7) is -0.618. The number of carbonyl (C=O) groups is 4. The molecule has 148 valence electrons. The van der Waals surface area contributed by atoms with E-state index in [-0.39, 0.29) is 47.3 Å². The van der Waals surface area contributed by atoms with Crippen LogP contribution in [0, 0.1) is 10.1 Å². The van der Waals surface area contributed by atoms with E-state index in [1.807, 2.05) is 0 Å². The Bertz CT molecular complexity index is 1000. The molecule has 10 nitrogen and oxygen atoms in total. The van der Waals surface area contributed by atoms with Crippen LogP contribution in [0.2, 0.25) is 0 Å². The Morgan fingerprint density at radius 1 is 1.07 bits per heavy atom. The molecular formula is C19H15N3O7. The van der Waals surface area contributed by atoms with Gasteiger partial charge in [0, 0.05) is 30.7 Å². The van der Waals surface area contributed by atoms with Crippen molar-refractivity contribution < 1.29 is 28.8 Å². The Morgan fingerprint density at radius 3 is 2.45 bits per heavy atom. The summed E-state index contributed by atoms with van der Waals surface area (Å²) in [6.07, 6.45) is 0.233. The molecule has 0 radical (unpaired) electrons. The summed E-state index contributed by atoms with van der Waals surface area (Å²) in [5.41, 5.74) is 0.321. The summed E-state index contributed by atoms with van der Waals surface area (Å²) in [7, 11) is 0. The molecule has 10 heteroatoms. The highest BCUT2D eigenvalue weighted by Crippen LogP contribution is 2.23. The maximum absolute atomic E-state index is 12.2. The van der Waals surface area contributed by atoms with Crippen molar-refractivity contribution in [1.29, 1.82) is 0 Å². The van der Waals surface area contributed by atoms with Gasteiger partial charge in [0.05, 0.1) is 16.2 Å². The molecule has 0 unspecified atom stereocenters. The van der Waals surface area contributed by atoms with Crippen molar-refractivity contribution in [3.63, 3.8) is 0 Å². The molecule has 0 saturated carbocycles. The van der Waals surface area contributed by atoms with E-state index in [2.05, 4.69) is 5.32 Å². The Morgan fingerprint density at radius 2 is 1.76 bits per heavy atom. The SMILES string of the molecule is O=C(COC(=O)c1cccc(N2C(=O)CCC2=O)c1)Nc1cccc([N+](=O)[O-])c1. The molecule has 2 aromatic rings. The van der Waals surface area contributed by atoms with Gasteiger partial charge < -0.3 is 10.1 Å². The van der Waals surface area contributed by atoms with Gasteiger partial charge in [-0.15, -0.1) is 0 Å².